The van der Waals surface area contributed by atoms with Crippen LogP contribution in [-0.2, 0) is 0 Å². The molecule has 1 aromatic heterocycles. The zero-order chi connectivity index (χ0) is 11.7. The van der Waals surface area contributed by atoms with Gasteiger partial charge < -0.3 is 0 Å². The number of aryl methyl sites for hydroxylation is 2. The molecule has 0 amide bonds. The lowest BCUT2D eigenvalue weighted by atomic mass is 10.1. The van der Waals surface area contributed by atoms with Crippen LogP contribution in [0.15, 0.2) is 24.3 Å². The molecule has 0 saturated heterocycles. The summed E-state index contributed by atoms with van der Waals surface area (Å²) in [6.45, 7) is 6.15. The smallest absolute Gasteiger partial charge is 0.101 e. The molecule has 0 unspecified atom stereocenters. The molecule has 2 aromatic rings. The van der Waals surface area contributed by atoms with Gasteiger partial charge >= 0.3 is 0 Å². The van der Waals surface area contributed by atoms with Crippen LogP contribution in [0.4, 0.5) is 0 Å². The average Bonchev–Trinajstić information content (AvgIpc) is 2.56. The zero-order valence-electron chi connectivity index (χ0n) is 9.66. The molecular formula is C14H13NS. The molecule has 0 N–H and O–H groups in total. The van der Waals surface area contributed by atoms with Crippen LogP contribution in [0.3, 0.4) is 0 Å². The zero-order valence-corrected chi connectivity index (χ0v) is 10.5. The van der Waals surface area contributed by atoms with Crippen molar-refractivity contribution in [2.24, 2.45) is 0 Å². The van der Waals surface area contributed by atoms with Crippen molar-refractivity contribution in [2.75, 3.05) is 0 Å². The summed E-state index contributed by atoms with van der Waals surface area (Å²) in [7, 11) is 0. The Balaban J connectivity index is 2.61. The molecule has 1 aromatic carbocycles. The van der Waals surface area contributed by atoms with Crippen molar-refractivity contribution >= 4 is 11.3 Å². The number of nitrogens with zero attached hydrogens (tertiary/aromatic N) is 1. The monoisotopic (exact) mass is 227 g/mol. The standard InChI is InChI=1S/C14H13NS/c1-9-4-6-12(7-5-9)14-13(8-15)10(2)11(3)16-14/h4-7H,1-3H3. The van der Waals surface area contributed by atoms with Gasteiger partial charge in [0.05, 0.1) is 10.4 Å². The third-order valence-corrected chi connectivity index (χ3v) is 4.07. The van der Waals surface area contributed by atoms with Crippen LogP contribution >= 0.6 is 11.3 Å². The van der Waals surface area contributed by atoms with E-state index in [2.05, 4.69) is 44.2 Å². The van der Waals surface area contributed by atoms with Gasteiger partial charge in [0.25, 0.3) is 0 Å². The summed E-state index contributed by atoms with van der Waals surface area (Å²) in [6.07, 6.45) is 0. The fourth-order valence-electron chi connectivity index (χ4n) is 1.67. The van der Waals surface area contributed by atoms with Gasteiger partial charge in [-0.1, -0.05) is 29.8 Å². The molecule has 1 heterocycles. The Morgan fingerprint density at radius 1 is 1.06 bits per heavy atom. The minimum absolute atomic E-state index is 0.825. The highest BCUT2D eigenvalue weighted by atomic mass is 32.1. The number of thiophene rings is 1. The fourth-order valence-corrected chi connectivity index (χ4v) is 2.79. The summed E-state index contributed by atoms with van der Waals surface area (Å²) >= 11 is 1.70. The fraction of sp³-hybridized carbons (Fsp3) is 0.214. The highest BCUT2D eigenvalue weighted by Crippen LogP contribution is 2.35. The van der Waals surface area contributed by atoms with Gasteiger partial charge in [0.1, 0.15) is 6.07 Å². The van der Waals surface area contributed by atoms with E-state index in [0.717, 1.165) is 21.6 Å². The second kappa shape index (κ2) is 4.11. The molecule has 16 heavy (non-hydrogen) atoms. The Kier molecular flexibility index (Phi) is 2.80. The Hall–Kier alpha value is -1.59. The van der Waals surface area contributed by atoms with Crippen LogP contribution in [0.1, 0.15) is 21.6 Å². The molecule has 0 fully saturated rings. The van der Waals surface area contributed by atoms with Crippen LogP contribution in [0.25, 0.3) is 10.4 Å². The second-order valence-electron chi connectivity index (χ2n) is 3.97. The predicted octanol–water partition coefficient (Wildman–Crippen LogP) is 4.21. The largest absolute Gasteiger partial charge is 0.192 e. The highest BCUT2D eigenvalue weighted by Gasteiger charge is 2.13. The van der Waals surface area contributed by atoms with Gasteiger partial charge in [0.15, 0.2) is 0 Å². The van der Waals surface area contributed by atoms with Crippen LogP contribution in [-0.4, -0.2) is 0 Å². The first-order valence-electron chi connectivity index (χ1n) is 5.20. The Morgan fingerprint density at radius 3 is 2.25 bits per heavy atom. The molecule has 80 valence electrons. The van der Waals surface area contributed by atoms with Crippen LogP contribution in [0, 0.1) is 32.1 Å². The molecule has 1 nitrogen and oxygen atoms in total. The quantitative estimate of drug-likeness (QED) is 0.715. The molecular weight excluding hydrogens is 214 g/mol. The topological polar surface area (TPSA) is 23.8 Å². The van der Waals surface area contributed by atoms with Crippen LogP contribution in [0.2, 0.25) is 0 Å². The third-order valence-electron chi connectivity index (χ3n) is 2.81. The van der Waals surface area contributed by atoms with E-state index in [9.17, 15) is 5.26 Å². The molecule has 0 aliphatic heterocycles. The van der Waals surface area contributed by atoms with Crippen molar-refractivity contribution in [1.29, 1.82) is 5.26 Å². The van der Waals surface area contributed by atoms with E-state index in [1.165, 1.54) is 10.4 Å². The van der Waals surface area contributed by atoms with Gasteiger partial charge in [-0.3, -0.25) is 0 Å². The van der Waals surface area contributed by atoms with E-state index in [1.807, 2.05) is 6.92 Å². The molecule has 0 aliphatic carbocycles. The summed E-state index contributed by atoms with van der Waals surface area (Å²) in [5.74, 6) is 0. The highest BCUT2D eigenvalue weighted by molar-refractivity contribution is 7.15. The van der Waals surface area contributed by atoms with Crippen molar-refractivity contribution < 1.29 is 0 Å². The summed E-state index contributed by atoms with van der Waals surface area (Å²) in [6, 6.07) is 10.6. The van der Waals surface area contributed by atoms with Gasteiger partial charge in [0, 0.05) is 4.88 Å². The third kappa shape index (κ3) is 1.75. The van der Waals surface area contributed by atoms with Crippen molar-refractivity contribution in [1.82, 2.24) is 0 Å². The number of rotatable bonds is 1. The SMILES string of the molecule is Cc1ccc(-c2sc(C)c(C)c2C#N)cc1. The number of benzene rings is 1. The summed E-state index contributed by atoms with van der Waals surface area (Å²) in [4.78, 5) is 2.32. The van der Waals surface area contributed by atoms with Crippen molar-refractivity contribution in [3.05, 3.63) is 45.8 Å². The van der Waals surface area contributed by atoms with E-state index >= 15 is 0 Å². The predicted molar refractivity (Wildman–Crippen MR) is 68.7 cm³/mol. The molecule has 2 rings (SSSR count). The molecule has 2 heteroatoms. The Labute approximate surface area is 100.0 Å². The van der Waals surface area contributed by atoms with Crippen molar-refractivity contribution in [3.8, 4) is 16.5 Å². The molecule has 0 aliphatic rings. The van der Waals surface area contributed by atoms with Crippen molar-refractivity contribution in [2.45, 2.75) is 20.8 Å². The normalized spacial score (nSPS) is 10.1. The van der Waals surface area contributed by atoms with E-state index in [-0.39, 0.29) is 0 Å². The lowest BCUT2D eigenvalue weighted by molar-refractivity contribution is 1.39. The van der Waals surface area contributed by atoms with E-state index < -0.39 is 0 Å². The van der Waals surface area contributed by atoms with E-state index in [4.69, 9.17) is 0 Å². The molecule has 0 atom stereocenters. The second-order valence-corrected chi connectivity index (χ2v) is 5.19. The van der Waals surface area contributed by atoms with E-state index in [0.29, 0.717) is 0 Å². The average molecular weight is 227 g/mol. The lowest BCUT2D eigenvalue weighted by Gasteiger charge is -1.99. The van der Waals surface area contributed by atoms with Gasteiger partial charge in [-0.05, 0) is 31.9 Å². The lowest BCUT2D eigenvalue weighted by Crippen LogP contribution is -1.80. The molecule has 0 radical (unpaired) electrons. The molecule has 0 saturated carbocycles. The summed E-state index contributed by atoms with van der Waals surface area (Å²) in [5.41, 5.74) is 4.32. The maximum atomic E-state index is 9.19. The number of hydrogen-bond acceptors (Lipinski definition) is 2. The van der Waals surface area contributed by atoms with Crippen molar-refractivity contribution in [3.63, 3.8) is 0 Å². The Morgan fingerprint density at radius 2 is 1.69 bits per heavy atom. The Bertz CT molecular complexity index is 556. The van der Waals surface area contributed by atoms with E-state index in [1.54, 1.807) is 11.3 Å². The van der Waals surface area contributed by atoms with Gasteiger partial charge in [0.2, 0.25) is 0 Å². The van der Waals surface area contributed by atoms with Crippen LogP contribution in [0.5, 0.6) is 0 Å². The first-order valence-corrected chi connectivity index (χ1v) is 6.02. The van der Waals surface area contributed by atoms with Gasteiger partial charge in [-0.2, -0.15) is 5.26 Å². The first kappa shape index (κ1) is 10.9. The first-order chi connectivity index (χ1) is 7.63. The maximum absolute atomic E-state index is 9.19. The molecule has 0 spiro atoms. The number of hydrogen-bond donors (Lipinski definition) is 0. The van der Waals surface area contributed by atoms with Gasteiger partial charge in [-0.15, -0.1) is 11.3 Å². The number of nitriles is 1. The summed E-state index contributed by atoms with van der Waals surface area (Å²) in [5, 5.41) is 9.19. The van der Waals surface area contributed by atoms with Crippen LogP contribution < -0.4 is 0 Å². The summed E-state index contributed by atoms with van der Waals surface area (Å²) < 4.78 is 0. The minimum Gasteiger partial charge on any atom is -0.192 e. The minimum atomic E-state index is 0.825. The molecule has 0 bridgehead atoms. The maximum Gasteiger partial charge on any atom is 0.101 e. The van der Waals surface area contributed by atoms with Gasteiger partial charge in [-0.25, -0.2) is 0 Å².